The van der Waals surface area contributed by atoms with Crippen molar-refractivity contribution in [2.45, 2.75) is 5.03 Å². The fourth-order valence-electron chi connectivity index (χ4n) is 0.579. The molecule has 0 aliphatic carbocycles. The molecule has 0 bridgehead atoms. The number of hydrogen-bond acceptors (Lipinski definition) is 5. The molecule has 0 aromatic carbocycles. The van der Waals surface area contributed by atoms with Crippen LogP contribution in [0.5, 0.6) is 0 Å². The minimum Gasteiger partial charge on any atom is -0.758 e. The van der Waals surface area contributed by atoms with Crippen molar-refractivity contribution in [2.75, 3.05) is 18.1 Å². The fraction of sp³-hybridized carbons (Fsp3) is 0.200. The first kappa shape index (κ1) is 7.01. The van der Waals surface area contributed by atoms with Crippen molar-refractivity contribution in [3.05, 3.63) is 6.33 Å². The largest absolute Gasteiger partial charge is 0.758 e. The third-order valence-corrected chi connectivity index (χ3v) is 1.41. The number of anilines is 2. The molecule has 10 heavy (non-hydrogen) atoms. The van der Waals surface area contributed by atoms with Gasteiger partial charge in [0, 0.05) is 7.05 Å². The van der Waals surface area contributed by atoms with Crippen molar-refractivity contribution < 1.29 is 0 Å². The van der Waals surface area contributed by atoms with Crippen LogP contribution < -0.4 is 11.1 Å². The summed E-state index contributed by atoms with van der Waals surface area (Å²) in [7, 11) is 1.73. The van der Waals surface area contributed by atoms with Crippen molar-refractivity contribution >= 4 is 24.1 Å². The Bertz CT molecular complexity index is 237. The van der Waals surface area contributed by atoms with E-state index in [1.165, 1.54) is 6.33 Å². The van der Waals surface area contributed by atoms with E-state index in [0.29, 0.717) is 16.5 Å². The summed E-state index contributed by atoms with van der Waals surface area (Å²) in [6, 6.07) is 0. The summed E-state index contributed by atoms with van der Waals surface area (Å²) in [6.45, 7) is 0. The van der Waals surface area contributed by atoms with Gasteiger partial charge in [0.1, 0.15) is 6.33 Å². The zero-order valence-electron chi connectivity index (χ0n) is 5.46. The molecule has 0 radical (unpaired) electrons. The minimum atomic E-state index is 0.388. The van der Waals surface area contributed by atoms with Crippen LogP contribution in [0.3, 0.4) is 0 Å². The van der Waals surface area contributed by atoms with Gasteiger partial charge in [0.15, 0.2) is 5.82 Å². The maximum absolute atomic E-state index is 5.50. The molecule has 1 aromatic rings. The number of nitrogens with one attached hydrogen (secondary N) is 1. The van der Waals surface area contributed by atoms with Crippen LogP contribution in [0.2, 0.25) is 0 Å². The van der Waals surface area contributed by atoms with E-state index >= 15 is 0 Å². The lowest BCUT2D eigenvalue weighted by Crippen LogP contribution is -2.01. The van der Waals surface area contributed by atoms with Crippen molar-refractivity contribution in [2.24, 2.45) is 0 Å². The minimum absolute atomic E-state index is 0.388. The molecule has 1 aromatic heterocycles. The van der Waals surface area contributed by atoms with Crippen LogP contribution in [0.4, 0.5) is 11.5 Å². The van der Waals surface area contributed by atoms with Crippen LogP contribution in [0, 0.1) is 0 Å². The average Bonchev–Trinajstić information content (AvgIpc) is 1.95. The Balaban J connectivity index is 3.14. The summed E-state index contributed by atoms with van der Waals surface area (Å²) in [6.07, 6.45) is 1.38. The molecular formula is C5H7N4S-. The van der Waals surface area contributed by atoms with Crippen molar-refractivity contribution in [1.82, 2.24) is 9.97 Å². The maximum atomic E-state index is 5.50. The molecule has 0 saturated carbocycles. The summed E-state index contributed by atoms with van der Waals surface area (Å²) in [5.74, 6) is 0.583. The van der Waals surface area contributed by atoms with Crippen LogP contribution in [-0.2, 0) is 12.6 Å². The van der Waals surface area contributed by atoms with Crippen LogP contribution in [0.15, 0.2) is 11.4 Å². The summed E-state index contributed by atoms with van der Waals surface area (Å²) >= 11 is 4.79. The van der Waals surface area contributed by atoms with E-state index in [1.54, 1.807) is 7.05 Å². The van der Waals surface area contributed by atoms with Gasteiger partial charge in [-0.2, -0.15) is 0 Å². The van der Waals surface area contributed by atoms with Crippen molar-refractivity contribution in [1.29, 1.82) is 0 Å². The van der Waals surface area contributed by atoms with Gasteiger partial charge in [-0.15, -0.1) is 0 Å². The van der Waals surface area contributed by atoms with Crippen LogP contribution in [-0.4, -0.2) is 17.0 Å². The van der Waals surface area contributed by atoms with Crippen LogP contribution in [0.25, 0.3) is 0 Å². The van der Waals surface area contributed by atoms with Gasteiger partial charge in [0.2, 0.25) is 0 Å². The van der Waals surface area contributed by atoms with Gasteiger partial charge < -0.3 is 23.7 Å². The number of nitrogens with two attached hydrogens (primary N) is 1. The highest BCUT2D eigenvalue weighted by Gasteiger charge is 1.94. The second-order valence-electron chi connectivity index (χ2n) is 1.69. The summed E-state index contributed by atoms with van der Waals surface area (Å²) in [4.78, 5) is 7.57. The molecule has 5 heteroatoms. The van der Waals surface area contributed by atoms with E-state index in [0.717, 1.165) is 0 Å². The molecular weight excluding hydrogens is 148 g/mol. The Hall–Kier alpha value is -1.10. The molecule has 0 unspecified atom stereocenters. The number of nitrogen functional groups attached to an aromatic ring is 1. The second-order valence-corrected chi connectivity index (χ2v) is 2.08. The quantitative estimate of drug-likeness (QED) is 0.441. The molecule has 0 saturated heterocycles. The second kappa shape index (κ2) is 2.66. The molecule has 0 spiro atoms. The van der Waals surface area contributed by atoms with Crippen LogP contribution >= 0.6 is 0 Å². The number of aromatic nitrogens is 2. The maximum Gasteiger partial charge on any atom is 0.150 e. The predicted octanol–water partition coefficient (Wildman–Crippen LogP) is 0.00630. The van der Waals surface area contributed by atoms with E-state index in [2.05, 4.69) is 15.3 Å². The molecule has 0 aliphatic rings. The standard InChI is InChI=1S/C5H8N4S/c1-7-4-3(6)5(10)9-2-8-4/h2H,6H2,1H3,(H2,7,8,9,10)/p-1. The van der Waals surface area contributed by atoms with Crippen molar-refractivity contribution in [3.63, 3.8) is 0 Å². The topological polar surface area (TPSA) is 63.8 Å². The zero-order valence-corrected chi connectivity index (χ0v) is 6.27. The van der Waals surface area contributed by atoms with E-state index in [-0.39, 0.29) is 0 Å². The summed E-state index contributed by atoms with van der Waals surface area (Å²) in [5, 5.41) is 3.18. The molecule has 0 amide bonds. The molecule has 0 fully saturated rings. The molecule has 1 rings (SSSR count). The summed E-state index contributed by atoms with van der Waals surface area (Å²) in [5.41, 5.74) is 5.93. The van der Waals surface area contributed by atoms with Gasteiger partial charge in [-0.05, 0) is 0 Å². The molecule has 3 N–H and O–H groups in total. The Morgan fingerprint density at radius 3 is 2.80 bits per heavy atom. The van der Waals surface area contributed by atoms with Gasteiger partial charge in [0.25, 0.3) is 0 Å². The Labute approximate surface area is 64.3 Å². The first-order chi connectivity index (χ1) is 4.75. The molecule has 54 valence electrons. The first-order valence-corrected chi connectivity index (χ1v) is 3.11. The first-order valence-electron chi connectivity index (χ1n) is 2.71. The van der Waals surface area contributed by atoms with E-state index in [9.17, 15) is 0 Å². The fourth-order valence-corrected chi connectivity index (χ4v) is 0.722. The Kier molecular flexibility index (Phi) is 1.86. The highest BCUT2D eigenvalue weighted by atomic mass is 32.1. The molecule has 1 heterocycles. The van der Waals surface area contributed by atoms with Gasteiger partial charge in [-0.25, -0.2) is 4.98 Å². The smallest absolute Gasteiger partial charge is 0.150 e. The number of hydrogen-bond donors (Lipinski definition) is 2. The number of nitrogens with zero attached hydrogens (tertiary/aromatic N) is 2. The SMILES string of the molecule is CNc1ncnc([S-])c1N. The lowest BCUT2D eigenvalue weighted by Gasteiger charge is -2.10. The third kappa shape index (κ3) is 1.08. The average molecular weight is 155 g/mol. The van der Waals surface area contributed by atoms with E-state index in [1.807, 2.05) is 0 Å². The zero-order chi connectivity index (χ0) is 7.56. The Morgan fingerprint density at radius 1 is 1.60 bits per heavy atom. The third-order valence-electron chi connectivity index (χ3n) is 1.08. The highest BCUT2D eigenvalue weighted by molar-refractivity contribution is 7.58. The lowest BCUT2D eigenvalue weighted by atomic mass is 10.5. The van der Waals surface area contributed by atoms with Gasteiger partial charge in [0.05, 0.1) is 5.69 Å². The van der Waals surface area contributed by atoms with E-state index in [4.69, 9.17) is 18.4 Å². The van der Waals surface area contributed by atoms with Gasteiger partial charge >= 0.3 is 0 Å². The highest BCUT2D eigenvalue weighted by Crippen LogP contribution is 2.15. The van der Waals surface area contributed by atoms with Crippen LogP contribution in [0.1, 0.15) is 0 Å². The van der Waals surface area contributed by atoms with E-state index < -0.39 is 0 Å². The molecule has 4 nitrogen and oxygen atoms in total. The predicted molar refractivity (Wildman–Crippen MR) is 41.6 cm³/mol. The monoisotopic (exact) mass is 155 g/mol. The normalized spacial score (nSPS) is 9.30. The van der Waals surface area contributed by atoms with Gasteiger partial charge in [-0.1, -0.05) is 5.03 Å². The Morgan fingerprint density at radius 2 is 2.30 bits per heavy atom. The molecule has 0 atom stereocenters. The number of rotatable bonds is 1. The lowest BCUT2D eigenvalue weighted by molar-refractivity contribution is 1.06. The van der Waals surface area contributed by atoms with Crippen molar-refractivity contribution in [3.8, 4) is 0 Å². The van der Waals surface area contributed by atoms with Gasteiger partial charge in [-0.3, -0.25) is 4.98 Å². The molecule has 0 aliphatic heterocycles. The summed E-state index contributed by atoms with van der Waals surface area (Å²) < 4.78 is 0.